The van der Waals surface area contributed by atoms with E-state index in [1.165, 1.54) is 11.3 Å². The maximum atomic E-state index is 12.1. The Morgan fingerprint density at radius 1 is 1.11 bits per heavy atom. The van der Waals surface area contributed by atoms with Crippen LogP contribution in [-0.2, 0) is 31.6 Å². The lowest BCUT2D eigenvalue weighted by atomic mass is 9.77. The monoisotopic (exact) mass is 382 g/mol. The van der Waals surface area contributed by atoms with Crippen molar-refractivity contribution in [2.75, 3.05) is 19.7 Å². The number of hydrogen-bond donors (Lipinski definition) is 0. The van der Waals surface area contributed by atoms with Crippen molar-refractivity contribution in [1.82, 2.24) is 9.63 Å². The van der Waals surface area contributed by atoms with Gasteiger partial charge in [0.15, 0.2) is 0 Å². The normalized spacial score (nSPS) is 19.8. The molecule has 0 spiro atoms. The van der Waals surface area contributed by atoms with Gasteiger partial charge >= 0.3 is 11.9 Å². The molecular formula is C22H26N2O4. The van der Waals surface area contributed by atoms with Gasteiger partial charge in [0.05, 0.1) is 18.6 Å². The van der Waals surface area contributed by atoms with Crippen molar-refractivity contribution >= 4 is 11.9 Å². The van der Waals surface area contributed by atoms with Crippen molar-refractivity contribution in [2.24, 2.45) is 7.05 Å². The molecule has 2 aromatic rings. The van der Waals surface area contributed by atoms with E-state index in [2.05, 4.69) is 22.8 Å². The van der Waals surface area contributed by atoms with Crippen molar-refractivity contribution in [3.05, 3.63) is 72.1 Å². The first-order valence-corrected chi connectivity index (χ1v) is 9.54. The molecule has 2 heterocycles. The number of nitrogens with zero attached hydrogens (tertiary/aromatic N) is 2. The number of benzene rings is 1. The number of carbonyl (C=O) groups is 2. The summed E-state index contributed by atoms with van der Waals surface area (Å²) in [6.45, 7) is 3.40. The smallest absolute Gasteiger partial charge is 0.349 e. The van der Waals surface area contributed by atoms with Crippen LogP contribution in [0.5, 0.6) is 0 Å². The van der Waals surface area contributed by atoms with E-state index >= 15 is 0 Å². The highest BCUT2D eigenvalue weighted by Crippen LogP contribution is 2.40. The molecule has 0 amide bonds. The van der Waals surface area contributed by atoms with Gasteiger partial charge in [0.25, 0.3) is 0 Å². The minimum absolute atomic E-state index is 0.260. The van der Waals surface area contributed by atoms with Crippen LogP contribution in [0, 0.1) is 0 Å². The third kappa shape index (κ3) is 4.34. The van der Waals surface area contributed by atoms with E-state index < -0.39 is 11.9 Å². The Balaban J connectivity index is 1.72. The summed E-state index contributed by atoms with van der Waals surface area (Å²) in [4.78, 5) is 29.1. The third-order valence-electron chi connectivity index (χ3n) is 5.02. The molecule has 6 heteroatoms. The number of ether oxygens (including phenoxy) is 1. The Labute approximate surface area is 165 Å². The molecule has 0 saturated carbocycles. The van der Waals surface area contributed by atoms with Gasteiger partial charge < -0.3 is 14.1 Å². The highest BCUT2D eigenvalue weighted by Gasteiger charge is 2.44. The molecule has 28 heavy (non-hydrogen) atoms. The summed E-state index contributed by atoms with van der Waals surface area (Å²) in [6, 6.07) is 14.4. The third-order valence-corrected chi connectivity index (χ3v) is 5.02. The largest absolute Gasteiger partial charge is 0.463 e. The molecule has 1 unspecified atom stereocenters. The SMILES string of the molecule is CCCOC(=O)/C=C/C(=O)ON1CCC(c2ccccc2)(c2cccn2C)C1. The van der Waals surface area contributed by atoms with Crippen LogP contribution in [0.3, 0.4) is 0 Å². The van der Waals surface area contributed by atoms with Gasteiger partial charge in [-0.2, -0.15) is 0 Å². The predicted molar refractivity (Wildman–Crippen MR) is 105 cm³/mol. The lowest BCUT2D eigenvalue weighted by molar-refractivity contribution is -0.179. The molecule has 0 radical (unpaired) electrons. The maximum absolute atomic E-state index is 12.1. The first kappa shape index (κ1) is 19.9. The highest BCUT2D eigenvalue weighted by atomic mass is 16.7. The van der Waals surface area contributed by atoms with Crippen molar-refractivity contribution in [3.63, 3.8) is 0 Å². The number of aromatic nitrogens is 1. The van der Waals surface area contributed by atoms with E-state index in [9.17, 15) is 9.59 Å². The summed E-state index contributed by atoms with van der Waals surface area (Å²) in [5.74, 6) is -1.12. The number of hydroxylamine groups is 2. The van der Waals surface area contributed by atoms with Gasteiger partial charge in [-0.25, -0.2) is 9.59 Å². The van der Waals surface area contributed by atoms with Crippen molar-refractivity contribution in [2.45, 2.75) is 25.2 Å². The van der Waals surface area contributed by atoms with Gasteiger partial charge in [0.1, 0.15) is 0 Å². The Hall–Kier alpha value is -2.86. The molecule has 1 aliphatic heterocycles. The van der Waals surface area contributed by atoms with Gasteiger partial charge in [-0.1, -0.05) is 37.3 Å². The number of hydrogen-bond acceptors (Lipinski definition) is 5. The maximum Gasteiger partial charge on any atom is 0.349 e. The first-order valence-electron chi connectivity index (χ1n) is 9.54. The average Bonchev–Trinajstić information content (AvgIpc) is 3.32. The number of aryl methyl sites for hydroxylation is 1. The summed E-state index contributed by atoms with van der Waals surface area (Å²) >= 11 is 0. The Kier molecular flexibility index (Phi) is 6.31. The first-order chi connectivity index (χ1) is 13.5. The molecule has 1 aromatic carbocycles. The van der Waals surface area contributed by atoms with Crippen LogP contribution in [0.1, 0.15) is 31.0 Å². The fourth-order valence-corrected chi connectivity index (χ4v) is 3.71. The van der Waals surface area contributed by atoms with Crippen LogP contribution in [0.2, 0.25) is 0 Å². The number of esters is 1. The highest BCUT2D eigenvalue weighted by molar-refractivity contribution is 5.91. The van der Waals surface area contributed by atoms with E-state index in [0.717, 1.165) is 25.0 Å². The van der Waals surface area contributed by atoms with Crippen molar-refractivity contribution in [1.29, 1.82) is 0 Å². The molecular weight excluding hydrogens is 356 g/mol. The molecule has 0 aliphatic carbocycles. The van der Waals surface area contributed by atoms with Crippen LogP contribution < -0.4 is 0 Å². The average molecular weight is 382 g/mol. The summed E-state index contributed by atoms with van der Waals surface area (Å²) < 4.78 is 7.03. The molecule has 3 rings (SSSR count). The van der Waals surface area contributed by atoms with Crippen LogP contribution in [0.25, 0.3) is 0 Å². The molecule has 1 fully saturated rings. The second-order valence-corrected chi connectivity index (χ2v) is 6.98. The van der Waals surface area contributed by atoms with Gasteiger partial charge in [-0.15, -0.1) is 5.06 Å². The molecule has 1 aliphatic rings. The van der Waals surface area contributed by atoms with Gasteiger partial charge in [-0.05, 0) is 30.5 Å². The fourth-order valence-electron chi connectivity index (χ4n) is 3.71. The fraction of sp³-hybridized carbons (Fsp3) is 0.364. The van der Waals surface area contributed by atoms with Crippen molar-refractivity contribution in [3.8, 4) is 0 Å². The number of carbonyl (C=O) groups excluding carboxylic acids is 2. The van der Waals surface area contributed by atoms with Crippen LogP contribution in [-0.4, -0.2) is 41.3 Å². The second-order valence-electron chi connectivity index (χ2n) is 6.98. The van der Waals surface area contributed by atoms with Crippen LogP contribution >= 0.6 is 0 Å². The van der Waals surface area contributed by atoms with Gasteiger partial charge in [0, 0.05) is 37.6 Å². The molecule has 6 nitrogen and oxygen atoms in total. The Bertz CT molecular complexity index is 843. The topological polar surface area (TPSA) is 60.8 Å². The lowest BCUT2D eigenvalue weighted by Crippen LogP contribution is -2.34. The summed E-state index contributed by atoms with van der Waals surface area (Å²) in [5, 5.41) is 1.67. The summed E-state index contributed by atoms with van der Waals surface area (Å²) in [5.41, 5.74) is 2.11. The molecule has 0 N–H and O–H groups in total. The minimum atomic E-state index is -0.579. The van der Waals surface area contributed by atoms with Crippen LogP contribution in [0.4, 0.5) is 0 Å². The van der Waals surface area contributed by atoms with E-state index in [-0.39, 0.29) is 5.41 Å². The second kappa shape index (κ2) is 8.89. The zero-order chi connectivity index (χ0) is 20.0. The zero-order valence-corrected chi connectivity index (χ0v) is 16.3. The minimum Gasteiger partial charge on any atom is -0.463 e. The van der Waals surface area contributed by atoms with E-state index in [1.807, 2.05) is 44.4 Å². The van der Waals surface area contributed by atoms with Crippen LogP contribution in [0.15, 0.2) is 60.8 Å². The predicted octanol–water partition coefficient (Wildman–Crippen LogP) is 2.98. The summed E-state index contributed by atoms with van der Waals surface area (Å²) in [7, 11) is 2.03. The molecule has 148 valence electrons. The van der Waals surface area contributed by atoms with Gasteiger partial charge in [-0.3, -0.25) is 0 Å². The number of rotatable bonds is 7. The summed E-state index contributed by atoms with van der Waals surface area (Å²) in [6.07, 6.45) is 5.81. The standard InChI is InChI=1S/C22H26N2O4/c1-3-16-27-20(25)11-12-21(26)28-24-15-13-22(17-24,18-8-5-4-6-9-18)19-10-7-14-23(19)2/h4-12,14H,3,13,15-17H2,1-2H3/b12-11+. The quantitative estimate of drug-likeness (QED) is 0.544. The molecule has 1 saturated heterocycles. The van der Waals surface area contributed by atoms with Gasteiger partial charge in [0.2, 0.25) is 0 Å². The Morgan fingerprint density at radius 3 is 2.54 bits per heavy atom. The molecule has 1 atom stereocenters. The van der Waals surface area contributed by atoms with E-state index in [1.54, 1.807) is 5.06 Å². The molecule has 0 bridgehead atoms. The van der Waals surface area contributed by atoms with E-state index in [4.69, 9.17) is 9.57 Å². The Morgan fingerprint density at radius 2 is 1.86 bits per heavy atom. The van der Waals surface area contributed by atoms with E-state index in [0.29, 0.717) is 19.7 Å². The zero-order valence-electron chi connectivity index (χ0n) is 16.3. The van der Waals surface area contributed by atoms with Crippen molar-refractivity contribution < 1.29 is 19.2 Å². The molecule has 1 aromatic heterocycles. The lowest BCUT2D eigenvalue weighted by Gasteiger charge is -2.30.